The van der Waals surface area contributed by atoms with E-state index in [-0.39, 0.29) is 17.7 Å². The molecule has 5 heterocycles. The molecule has 1 saturated heterocycles. The van der Waals surface area contributed by atoms with Crippen LogP contribution in [0.25, 0.3) is 16.8 Å². The number of amides is 1. The van der Waals surface area contributed by atoms with Crippen LogP contribution in [0.5, 0.6) is 5.75 Å². The van der Waals surface area contributed by atoms with Crippen molar-refractivity contribution in [1.82, 2.24) is 29.3 Å². The van der Waals surface area contributed by atoms with Gasteiger partial charge < -0.3 is 10.1 Å². The number of nitrogens with zero attached hydrogens (tertiary/aromatic N) is 6. The molecule has 3 atom stereocenters. The molecule has 1 aliphatic carbocycles. The van der Waals surface area contributed by atoms with E-state index >= 15 is 0 Å². The number of ether oxygens (including phenoxy) is 1. The van der Waals surface area contributed by atoms with Gasteiger partial charge in [0.25, 0.3) is 0 Å². The van der Waals surface area contributed by atoms with E-state index in [0.717, 1.165) is 47.7 Å². The zero-order chi connectivity index (χ0) is 23.9. The Balaban J connectivity index is 1.16. The number of fused-ring (bicyclic) bond motifs is 1. The first kappa shape index (κ1) is 21.8. The topological polar surface area (TPSA) is 89.6 Å². The van der Waals surface area contributed by atoms with E-state index in [4.69, 9.17) is 4.74 Å². The van der Waals surface area contributed by atoms with Crippen LogP contribution < -0.4 is 10.1 Å². The van der Waals surface area contributed by atoms with Crippen LogP contribution >= 0.6 is 0 Å². The Hall–Kier alpha value is -3.72. The number of hydrogen-bond acceptors (Lipinski definition) is 6. The Kier molecular flexibility index (Phi) is 5.49. The minimum Gasteiger partial charge on any atom is -0.488 e. The molecular weight excluding hydrogens is 442 g/mol. The molecule has 4 aromatic rings. The third-order valence-electron chi connectivity index (χ3n) is 7.19. The second-order valence-corrected chi connectivity index (χ2v) is 9.37. The van der Waals surface area contributed by atoms with Crippen LogP contribution in [0.4, 0.5) is 5.82 Å². The lowest BCUT2D eigenvalue weighted by Gasteiger charge is -2.39. The van der Waals surface area contributed by atoms with Crippen molar-refractivity contribution < 1.29 is 9.53 Å². The van der Waals surface area contributed by atoms with Gasteiger partial charge in [-0.1, -0.05) is 13.0 Å². The summed E-state index contributed by atoms with van der Waals surface area (Å²) in [7, 11) is 1.92. The van der Waals surface area contributed by atoms with Crippen LogP contribution in [0.3, 0.4) is 0 Å². The molecule has 9 nitrogen and oxygen atoms in total. The lowest BCUT2D eigenvalue weighted by atomic mass is 10.0. The summed E-state index contributed by atoms with van der Waals surface area (Å²) in [6.45, 7) is 5.04. The highest BCUT2D eigenvalue weighted by atomic mass is 16.5. The van der Waals surface area contributed by atoms with Gasteiger partial charge in [0.05, 0.1) is 11.7 Å². The zero-order valence-corrected chi connectivity index (χ0v) is 20.0. The summed E-state index contributed by atoms with van der Waals surface area (Å²) in [5.74, 6) is 1.45. The van der Waals surface area contributed by atoms with Gasteiger partial charge in [-0.15, -0.1) is 0 Å². The van der Waals surface area contributed by atoms with Gasteiger partial charge in [0.2, 0.25) is 5.91 Å². The van der Waals surface area contributed by atoms with Crippen molar-refractivity contribution in [2.45, 2.75) is 31.7 Å². The quantitative estimate of drug-likeness (QED) is 0.424. The maximum Gasteiger partial charge on any atom is 0.229 e. The fraction of sp³-hybridized carbons (Fsp3) is 0.385. The summed E-state index contributed by atoms with van der Waals surface area (Å²) in [6.07, 6.45) is 7.44. The molecule has 0 radical (unpaired) electrons. The first-order valence-corrected chi connectivity index (χ1v) is 12.2. The average molecular weight is 472 g/mol. The number of carbonyl (C=O) groups is 1. The molecule has 9 heteroatoms. The first-order chi connectivity index (χ1) is 17.1. The van der Waals surface area contributed by atoms with Crippen molar-refractivity contribution in [2.24, 2.45) is 13.0 Å². The van der Waals surface area contributed by atoms with E-state index in [1.165, 1.54) is 6.42 Å². The number of aromatic nitrogens is 5. The van der Waals surface area contributed by atoms with Crippen LogP contribution in [-0.2, 0) is 11.8 Å². The van der Waals surface area contributed by atoms with Crippen molar-refractivity contribution in [3.8, 4) is 17.0 Å². The minimum atomic E-state index is -0.0567. The summed E-state index contributed by atoms with van der Waals surface area (Å²) in [6, 6.07) is 12.2. The highest BCUT2D eigenvalue weighted by molar-refractivity contribution is 5.95. The maximum atomic E-state index is 12.8. The first-order valence-electron chi connectivity index (χ1n) is 12.2. The molecule has 1 aliphatic heterocycles. The third kappa shape index (κ3) is 4.16. The fourth-order valence-electron chi connectivity index (χ4n) is 4.97. The Bertz CT molecular complexity index is 1360. The molecule has 0 bridgehead atoms. The van der Waals surface area contributed by atoms with Crippen molar-refractivity contribution in [3.05, 3.63) is 60.7 Å². The lowest BCUT2D eigenvalue weighted by Crippen LogP contribution is -2.50. The maximum absolute atomic E-state index is 12.8. The van der Waals surface area contributed by atoms with Gasteiger partial charge in [0.1, 0.15) is 12.3 Å². The third-order valence-corrected chi connectivity index (χ3v) is 7.19. The number of hydrogen-bond donors (Lipinski definition) is 1. The molecule has 0 aromatic carbocycles. The number of nitrogens with one attached hydrogen (secondary N) is 1. The number of likely N-dealkylation sites (N-methyl/N-ethyl adjacent to an activating group) is 1. The number of anilines is 1. The molecule has 1 amide bonds. The molecule has 6 rings (SSSR count). The number of carbonyl (C=O) groups excluding carboxylic acids is 1. The monoisotopic (exact) mass is 471 g/mol. The zero-order valence-electron chi connectivity index (χ0n) is 20.0. The largest absolute Gasteiger partial charge is 0.488 e. The highest BCUT2D eigenvalue weighted by Gasteiger charge is 2.45. The summed E-state index contributed by atoms with van der Waals surface area (Å²) < 4.78 is 9.80. The van der Waals surface area contributed by atoms with Gasteiger partial charge in [-0.05, 0) is 43.7 Å². The van der Waals surface area contributed by atoms with E-state index in [1.54, 1.807) is 16.9 Å². The Morgan fingerprint density at radius 1 is 1.26 bits per heavy atom. The number of pyridine rings is 2. The van der Waals surface area contributed by atoms with Gasteiger partial charge in [-0.25, -0.2) is 4.52 Å². The normalized spacial score (nSPS) is 21.6. The van der Waals surface area contributed by atoms with E-state index in [1.807, 2.05) is 54.3 Å². The molecule has 180 valence electrons. The summed E-state index contributed by atoms with van der Waals surface area (Å²) in [5.41, 5.74) is 3.78. The molecule has 2 aliphatic rings. The predicted octanol–water partition coefficient (Wildman–Crippen LogP) is 3.35. The lowest BCUT2D eigenvalue weighted by molar-refractivity contribution is -0.117. The van der Waals surface area contributed by atoms with E-state index < -0.39 is 0 Å². The molecular formula is C26H29N7O2. The summed E-state index contributed by atoms with van der Waals surface area (Å²) >= 11 is 0. The van der Waals surface area contributed by atoms with Gasteiger partial charge in [0, 0.05) is 61.2 Å². The standard InChI is InChI=1S/C26H29N7O2/c1-3-32-10-8-18(32)16-35-23-15-28-31(2)25(23)17-7-11-33-19(12-17)13-24(30-33)29-26(34)21-14-20(21)22-6-4-5-9-27-22/h4-7,9,11-13,15,18,20-21H,3,8,10,14,16H2,1-2H3,(H,29,30,34)/t18-,20-,21-/m1/s1. The number of rotatable bonds is 8. The second kappa shape index (κ2) is 8.81. The Labute approximate surface area is 203 Å². The summed E-state index contributed by atoms with van der Waals surface area (Å²) in [5, 5.41) is 11.9. The molecule has 1 saturated carbocycles. The predicted molar refractivity (Wildman–Crippen MR) is 132 cm³/mol. The number of aryl methyl sites for hydroxylation is 1. The van der Waals surface area contributed by atoms with Gasteiger partial charge in [-0.3, -0.25) is 19.4 Å². The van der Waals surface area contributed by atoms with Crippen LogP contribution in [0.1, 0.15) is 31.4 Å². The van der Waals surface area contributed by atoms with E-state index in [2.05, 4.69) is 32.3 Å². The van der Waals surface area contributed by atoms with Crippen LogP contribution in [-0.4, -0.2) is 60.9 Å². The van der Waals surface area contributed by atoms with Crippen LogP contribution in [0.15, 0.2) is 55.0 Å². The van der Waals surface area contributed by atoms with Crippen molar-refractivity contribution >= 4 is 17.2 Å². The summed E-state index contributed by atoms with van der Waals surface area (Å²) in [4.78, 5) is 19.6. The van der Waals surface area contributed by atoms with E-state index in [9.17, 15) is 4.79 Å². The van der Waals surface area contributed by atoms with Crippen molar-refractivity contribution in [2.75, 3.05) is 25.0 Å². The molecule has 0 spiro atoms. The van der Waals surface area contributed by atoms with Crippen LogP contribution in [0.2, 0.25) is 0 Å². The smallest absolute Gasteiger partial charge is 0.229 e. The molecule has 2 fully saturated rings. The van der Waals surface area contributed by atoms with Crippen LogP contribution in [0, 0.1) is 5.92 Å². The van der Waals surface area contributed by atoms with Crippen molar-refractivity contribution in [3.63, 3.8) is 0 Å². The average Bonchev–Trinajstić information content (AvgIpc) is 3.43. The Morgan fingerprint density at radius 3 is 2.94 bits per heavy atom. The Morgan fingerprint density at radius 2 is 2.17 bits per heavy atom. The van der Waals surface area contributed by atoms with Crippen molar-refractivity contribution in [1.29, 1.82) is 0 Å². The van der Waals surface area contributed by atoms with E-state index in [0.29, 0.717) is 18.5 Å². The molecule has 4 aromatic heterocycles. The van der Waals surface area contributed by atoms with Gasteiger partial charge in [0.15, 0.2) is 11.6 Å². The number of likely N-dealkylation sites (tertiary alicyclic amines) is 1. The van der Waals surface area contributed by atoms with Gasteiger partial charge in [-0.2, -0.15) is 10.2 Å². The SMILES string of the molecule is CCN1CC[C@@H]1COc1cnn(C)c1-c1ccn2nc(NC(=O)[C@@H]3C[C@H]3c3ccccn3)cc2c1. The second-order valence-electron chi connectivity index (χ2n) is 9.37. The minimum absolute atomic E-state index is 0.0104. The highest BCUT2D eigenvalue weighted by Crippen LogP contribution is 2.47. The molecule has 35 heavy (non-hydrogen) atoms. The van der Waals surface area contributed by atoms with Gasteiger partial charge >= 0.3 is 0 Å². The molecule has 0 unspecified atom stereocenters. The fourth-order valence-corrected chi connectivity index (χ4v) is 4.97. The molecule has 1 N–H and O–H groups in total.